The number of rotatable bonds is 0. The molecule has 0 aliphatic carbocycles. The second kappa shape index (κ2) is 3.66. The summed E-state index contributed by atoms with van der Waals surface area (Å²) in [5.41, 5.74) is -1.10. The van der Waals surface area contributed by atoms with E-state index >= 15 is 0 Å². The highest BCUT2D eigenvalue weighted by molar-refractivity contribution is 5.40. The summed E-state index contributed by atoms with van der Waals surface area (Å²) >= 11 is 0. The molecule has 7 heteroatoms. The summed E-state index contributed by atoms with van der Waals surface area (Å²) in [5.74, 6) is 0.662. The SMILES string of the molecule is Cc1nc(C(F)(F)F)cc2nc(C(C)(C)C)nn12. The van der Waals surface area contributed by atoms with Gasteiger partial charge in [0.15, 0.2) is 11.5 Å². The number of nitrogens with zero attached hydrogens (tertiary/aromatic N) is 4. The van der Waals surface area contributed by atoms with Gasteiger partial charge in [0.1, 0.15) is 11.5 Å². The molecule has 0 bridgehead atoms. The quantitative estimate of drug-likeness (QED) is 0.729. The summed E-state index contributed by atoms with van der Waals surface area (Å²) < 4.78 is 39.2. The lowest BCUT2D eigenvalue weighted by Crippen LogP contribution is -2.14. The Hall–Kier alpha value is -1.66. The molecule has 0 fully saturated rings. The summed E-state index contributed by atoms with van der Waals surface area (Å²) in [6.45, 7) is 7.17. The molecule has 0 atom stereocenters. The first kappa shape index (κ1) is 12.8. The van der Waals surface area contributed by atoms with Gasteiger partial charge in [-0.05, 0) is 6.92 Å². The van der Waals surface area contributed by atoms with Crippen LogP contribution in [0.3, 0.4) is 0 Å². The number of fused-ring (bicyclic) bond motifs is 1. The third-order valence-corrected chi connectivity index (χ3v) is 2.45. The van der Waals surface area contributed by atoms with Crippen molar-refractivity contribution in [2.75, 3.05) is 0 Å². The Morgan fingerprint density at radius 3 is 2.22 bits per heavy atom. The standard InChI is InChI=1S/C11H13F3N4/c1-6-15-7(11(12,13)14)5-8-16-9(10(2,3)4)17-18(6)8/h5H,1-4H3. The monoisotopic (exact) mass is 258 g/mol. The molecule has 0 saturated heterocycles. The average Bonchev–Trinajstić information content (AvgIpc) is 2.59. The normalized spacial score (nSPS) is 13.3. The van der Waals surface area contributed by atoms with Crippen molar-refractivity contribution in [2.24, 2.45) is 0 Å². The van der Waals surface area contributed by atoms with E-state index in [1.54, 1.807) is 0 Å². The highest BCUT2D eigenvalue weighted by atomic mass is 19.4. The summed E-state index contributed by atoms with van der Waals surface area (Å²) in [6.07, 6.45) is -4.47. The van der Waals surface area contributed by atoms with Crippen molar-refractivity contribution in [3.63, 3.8) is 0 Å². The van der Waals surface area contributed by atoms with E-state index in [4.69, 9.17) is 0 Å². The Balaban J connectivity index is 2.67. The maximum atomic E-state index is 12.6. The van der Waals surface area contributed by atoms with Crippen LogP contribution in [0.4, 0.5) is 13.2 Å². The molecular formula is C11H13F3N4. The van der Waals surface area contributed by atoms with Crippen LogP contribution in [0.15, 0.2) is 6.07 Å². The van der Waals surface area contributed by atoms with Crippen LogP contribution in [0.2, 0.25) is 0 Å². The molecule has 0 spiro atoms. The average molecular weight is 258 g/mol. The lowest BCUT2D eigenvalue weighted by molar-refractivity contribution is -0.141. The molecule has 4 nitrogen and oxygen atoms in total. The smallest absolute Gasteiger partial charge is 0.228 e. The second-order valence-corrected chi connectivity index (χ2v) is 5.14. The molecule has 0 radical (unpaired) electrons. The van der Waals surface area contributed by atoms with Crippen molar-refractivity contribution in [3.05, 3.63) is 23.4 Å². The number of hydrogen-bond donors (Lipinski definition) is 0. The summed E-state index contributed by atoms with van der Waals surface area (Å²) in [5, 5.41) is 4.18. The molecule has 98 valence electrons. The van der Waals surface area contributed by atoms with E-state index in [-0.39, 0.29) is 16.9 Å². The zero-order valence-electron chi connectivity index (χ0n) is 10.5. The summed E-state index contributed by atoms with van der Waals surface area (Å²) in [7, 11) is 0. The molecule has 2 rings (SSSR count). The van der Waals surface area contributed by atoms with E-state index in [0.717, 1.165) is 6.07 Å². The molecule has 2 aromatic rings. The molecule has 0 N–H and O–H groups in total. The predicted octanol–water partition coefficient (Wildman–Crippen LogP) is 2.75. The zero-order chi connectivity index (χ0) is 13.7. The van der Waals surface area contributed by atoms with Crippen LogP contribution in [0.5, 0.6) is 0 Å². The van der Waals surface area contributed by atoms with Gasteiger partial charge < -0.3 is 0 Å². The number of alkyl halides is 3. The van der Waals surface area contributed by atoms with Crippen LogP contribution >= 0.6 is 0 Å². The van der Waals surface area contributed by atoms with Crippen molar-refractivity contribution < 1.29 is 13.2 Å². The molecule has 2 heterocycles. The largest absolute Gasteiger partial charge is 0.433 e. The molecule has 0 aromatic carbocycles. The van der Waals surface area contributed by atoms with Crippen LogP contribution in [0.25, 0.3) is 5.65 Å². The maximum absolute atomic E-state index is 12.6. The predicted molar refractivity (Wildman–Crippen MR) is 59.2 cm³/mol. The Morgan fingerprint density at radius 2 is 1.72 bits per heavy atom. The lowest BCUT2D eigenvalue weighted by Gasteiger charge is -2.11. The Bertz CT molecular complexity index is 593. The van der Waals surface area contributed by atoms with E-state index in [1.165, 1.54) is 11.4 Å². The zero-order valence-corrected chi connectivity index (χ0v) is 10.5. The number of hydrogen-bond acceptors (Lipinski definition) is 3. The Morgan fingerprint density at radius 1 is 1.11 bits per heavy atom. The lowest BCUT2D eigenvalue weighted by atomic mass is 9.96. The van der Waals surface area contributed by atoms with Gasteiger partial charge in [-0.1, -0.05) is 20.8 Å². The Labute approximate surface area is 102 Å². The molecule has 0 saturated carbocycles. The van der Waals surface area contributed by atoms with E-state index in [9.17, 15) is 13.2 Å². The molecule has 0 aliphatic heterocycles. The minimum absolute atomic E-state index is 0.166. The minimum atomic E-state index is -4.47. The van der Waals surface area contributed by atoms with Crippen LogP contribution < -0.4 is 0 Å². The summed E-state index contributed by atoms with van der Waals surface area (Å²) in [6, 6.07) is 0.912. The molecule has 0 unspecified atom stereocenters. The van der Waals surface area contributed by atoms with Gasteiger partial charge in [-0.2, -0.15) is 17.7 Å². The maximum Gasteiger partial charge on any atom is 0.433 e. The molecular weight excluding hydrogens is 245 g/mol. The van der Waals surface area contributed by atoms with Gasteiger partial charge in [0, 0.05) is 11.5 Å². The van der Waals surface area contributed by atoms with Gasteiger partial charge in [-0.25, -0.2) is 9.97 Å². The van der Waals surface area contributed by atoms with Crippen LogP contribution in [-0.2, 0) is 11.6 Å². The van der Waals surface area contributed by atoms with Gasteiger partial charge >= 0.3 is 6.18 Å². The molecule has 0 aliphatic rings. The molecule has 2 aromatic heterocycles. The van der Waals surface area contributed by atoms with Crippen molar-refractivity contribution in [1.82, 2.24) is 19.6 Å². The van der Waals surface area contributed by atoms with Gasteiger partial charge in [0.2, 0.25) is 0 Å². The fraction of sp³-hybridized carbons (Fsp3) is 0.545. The van der Waals surface area contributed by atoms with E-state index in [0.29, 0.717) is 5.82 Å². The number of halogens is 3. The van der Waals surface area contributed by atoms with Crippen LogP contribution in [0, 0.1) is 6.92 Å². The first-order valence-corrected chi connectivity index (χ1v) is 5.41. The van der Waals surface area contributed by atoms with Crippen LogP contribution in [-0.4, -0.2) is 19.6 Å². The topological polar surface area (TPSA) is 43.1 Å². The van der Waals surface area contributed by atoms with Crippen molar-refractivity contribution in [2.45, 2.75) is 39.3 Å². The van der Waals surface area contributed by atoms with Crippen molar-refractivity contribution >= 4 is 5.65 Å². The third-order valence-electron chi connectivity index (χ3n) is 2.45. The summed E-state index contributed by atoms with van der Waals surface area (Å²) in [4.78, 5) is 7.63. The van der Waals surface area contributed by atoms with Gasteiger partial charge in [0.05, 0.1) is 0 Å². The number of aryl methyl sites for hydroxylation is 1. The first-order chi connectivity index (χ1) is 8.09. The molecule has 18 heavy (non-hydrogen) atoms. The molecule has 0 amide bonds. The minimum Gasteiger partial charge on any atom is -0.228 e. The van der Waals surface area contributed by atoms with E-state index in [2.05, 4.69) is 15.1 Å². The van der Waals surface area contributed by atoms with Gasteiger partial charge in [-0.15, -0.1) is 5.10 Å². The number of aromatic nitrogens is 4. The highest BCUT2D eigenvalue weighted by Crippen LogP contribution is 2.29. The van der Waals surface area contributed by atoms with Crippen molar-refractivity contribution in [1.29, 1.82) is 0 Å². The Kier molecular flexibility index (Phi) is 2.60. The first-order valence-electron chi connectivity index (χ1n) is 5.41. The second-order valence-electron chi connectivity index (χ2n) is 5.14. The van der Waals surface area contributed by atoms with Gasteiger partial charge in [0.25, 0.3) is 0 Å². The van der Waals surface area contributed by atoms with E-state index in [1.807, 2.05) is 20.8 Å². The fourth-order valence-electron chi connectivity index (χ4n) is 1.49. The van der Waals surface area contributed by atoms with Crippen molar-refractivity contribution in [3.8, 4) is 0 Å². The van der Waals surface area contributed by atoms with E-state index < -0.39 is 11.9 Å². The third kappa shape index (κ3) is 2.16. The van der Waals surface area contributed by atoms with Gasteiger partial charge in [-0.3, -0.25) is 0 Å². The van der Waals surface area contributed by atoms with Crippen LogP contribution in [0.1, 0.15) is 38.1 Å². The fourth-order valence-corrected chi connectivity index (χ4v) is 1.49. The highest BCUT2D eigenvalue weighted by Gasteiger charge is 2.34.